The highest BCUT2D eigenvalue weighted by Gasteiger charge is 2.35. The number of imidazole rings is 1. The highest BCUT2D eigenvalue weighted by molar-refractivity contribution is 7.22. The van der Waals surface area contributed by atoms with Crippen molar-refractivity contribution in [1.82, 2.24) is 24.7 Å². The summed E-state index contributed by atoms with van der Waals surface area (Å²) in [7, 11) is 2.16. The van der Waals surface area contributed by atoms with E-state index in [9.17, 15) is 4.39 Å². The van der Waals surface area contributed by atoms with E-state index < -0.39 is 0 Å². The minimum Gasteiger partial charge on any atom is -0.348 e. The number of pyridine rings is 2. The highest BCUT2D eigenvalue weighted by atomic mass is 35.5. The summed E-state index contributed by atoms with van der Waals surface area (Å²) in [5.74, 6) is -0.340. The van der Waals surface area contributed by atoms with Crippen LogP contribution in [0.3, 0.4) is 0 Å². The predicted molar refractivity (Wildman–Crippen MR) is 125 cm³/mol. The van der Waals surface area contributed by atoms with Gasteiger partial charge >= 0.3 is 0 Å². The van der Waals surface area contributed by atoms with Crippen molar-refractivity contribution in [2.75, 3.05) is 11.9 Å². The van der Waals surface area contributed by atoms with Crippen LogP contribution in [-0.4, -0.2) is 44.5 Å². The summed E-state index contributed by atoms with van der Waals surface area (Å²) in [5, 5.41) is 4.74. The van der Waals surface area contributed by atoms with E-state index in [4.69, 9.17) is 4.98 Å². The number of thiazole rings is 1. The topological polar surface area (TPSA) is 58.4 Å². The molecule has 0 aliphatic carbocycles. The second-order valence-electron chi connectivity index (χ2n) is 8.60. The van der Waals surface area contributed by atoms with Crippen LogP contribution in [0, 0.1) is 12.7 Å². The number of anilines is 1. The second-order valence-corrected chi connectivity index (χ2v) is 9.61. The Bertz CT molecular complexity index is 1260. The SMILES string of the molecule is Cc1cn2cc(-c3cc4sc(N(C)[C@@H]5C[C@H]6CC[C@@H](C5)N6)nc4cn3)cc(F)c2n1.Cl. The highest BCUT2D eigenvalue weighted by Crippen LogP contribution is 2.36. The van der Waals surface area contributed by atoms with Gasteiger partial charge in [0.1, 0.15) is 5.52 Å². The maximum absolute atomic E-state index is 14.5. The first kappa shape index (κ1) is 20.6. The van der Waals surface area contributed by atoms with Gasteiger partial charge in [0.2, 0.25) is 0 Å². The van der Waals surface area contributed by atoms with Crippen LogP contribution in [0.5, 0.6) is 0 Å². The van der Waals surface area contributed by atoms with Crippen LogP contribution >= 0.6 is 23.7 Å². The Labute approximate surface area is 189 Å². The first-order valence-corrected chi connectivity index (χ1v) is 11.3. The molecule has 162 valence electrons. The number of nitrogens with zero attached hydrogens (tertiary/aromatic N) is 5. The summed E-state index contributed by atoms with van der Waals surface area (Å²) in [4.78, 5) is 16.0. The molecule has 1 N–H and O–H groups in total. The van der Waals surface area contributed by atoms with Crippen LogP contribution in [0.1, 0.15) is 31.4 Å². The molecular formula is C22H24ClFN6S. The van der Waals surface area contributed by atoms with Gasteiger partial charge in [-0.3, -0.25) is 4.98 Å². The van der Waals surface area contributed by atoms with Gasteiger partial charge in [0.15, 0.2) is 16.6 Å². The molecule has 0 spiro atoms. The van der Waals surface area contributed by atoms with E-state index in [0.717, 1.165) is 32.3 Å². The Kier molecular flexibility index (Phi) is 5.11. The third-order valence-corrected chi connectivity index (χ3v) is 7.59. The first-order chi connectivity index (χ1) is 14.5. The molecule has 0 amide bonds. The van der Waals surface area contributed by atoms with Gasteiger partial charge in [0.25, 0.3) is 0 Å². The zero-order valence-electron chi connectivity index (χ0n) is 17.4. The molecule has 2 aliphatic heterocycles. The van der Waals surface area contributed by atoms with Gasteiger partial charge in [0.05, 0.1) is 22.3 Å². The van der Waals surface area contributed by atoms with E-state index in [1.807, 2.05) is 25.4 Å². The van der Waals surface area contributed by atoms with Crippen molar-refractivity contribution >= 4 is 44.7 Å². The van der Waals surface area contributed by atoms with Crippen molar-refractivity contribution < 1.29 is 4.39 Å². The number of hydrogen-bond acceptors (Lipinski definition) is 6. The van der Waals surface area contributed by atoms with E-state index in [2.05, 4.69) is 27.2 Å². The molecule has 2 bridgehead atoms. The number of rotatable bonds is 3. The maximum Gasteiger partial charge on any atom is 0.186 e. The Morgan fingerprint density at radius 2 is 1.94 bits per heavy atom. The molecule has 9 heteroatoms. The van der Waals surface area contributed by atoms with Crippen LogP contribution < -0.4 is 10.2 Å². The molecule has 3 atom stereocenters. The predicted octanol–water partition coefficient (Wildman–Crippen LogP) is 4.59. The van der Waals surface area contributed by atoms with Gasteiger partial charge in [-0.1, -0.05) is 11.3 Å². The fraction of sp³-hybridized carbons (Fsp3) is 0.409. The minimum atomic E-state index is -0.340. The fourth-order valence-corrected chi connectivity index (χ4v) is 5.95. The average Bonchev–Trinajstić information content (AvgIpc) is 3.42. The van der Waals surface area contributed by atoms with Gasteiger partial charge in [0, 0.05) is 43.1 Å². The van der Waals surface area contributed by atoms with Crippen LogP contribution in [0.4, 0.5) is 9.52 Å². The fourth-order valence-electron chi connectivity index (χ4n) is 4.95. The molecular weight excluding hydrogens is 435 g/mol. The normalized spacial score (nSPS) is 22.7. The van der Waals surface area contributed by atoms with Gasteiger partial charge in [-0.05, 0) is 44.7 Å². The van der Waals surface area contributed by atoms with Gasteiger partial charge in [-0.25, -0.2) is 14.4 Å². The van der Waals surface area contributed by atoms with E-state index >= 15 is 0 Å². The summed E-state index contributed by atoms with van der Waals surface area (Å²) in [6.45, 7) is 1.86. The number of aryl methyl sites for hydroxylation is 1. The Balaban J connectivity index is 0.00000204. The number of piperidine rings is 1. The monoisotopic (exact) mass is 458 g/mol. The molecule has 6 nitrogen and oxygen atoms in total. The van der Waals surface area contributed by atoms with Gasteiger partial charge in [-0.15, -0.1) is 12.4 Å². The first-order valence-electron chi connectivity index (χ1n) is 10.4. The van der Waals surface area contributed by atoms with E-state index in [0.29, 0.717) is 23.8 Å². The number of aromatic nitrogens is 4. The molecule has 0 saturated carbocycles. The minimum absolute atomic E-state index is 0. The third kappa shape index (κ3) is 3.56. The second kappa shape index (κ2) is 7.69. The van der Waals surface area contributed by atoms with Crippen LogP contribution in [0.25, 0.3) is 27.1 Å². The van der Waals surface area contributed by atoms with E-state index in [-0.39, 0.29) is 18.2 Å². The molecule has 31 heavy (non-hydrogen) atoms. The van der Waals surface area contributed by atoms with Gasteiger partial charge in [-0.2, -0.15) is 0 Å². The van der Waals surface area contributed by atoms with Crippen molar-refractivity contribution in [2.24, 2.45) is 0 Å². The zero-order valence-corrected chi connectivity index (χ0v) is 19.0. The zero-order chi connectivity index (χ0) is 20.4. The summed E-state index contributed by atoms with van der Waals surface area (Å²) in [6.07, 6.45) is 10.4. The molecule has 4 aromatic rings. The van der Waals surface area contributed by atoms with Crippen LogP contribution in [0.2, 0.25) is 0 Å². The number of halogens is 2. The number of fused-ring (bicyclic) bond motifs is 4. The summed E-state index contributed by atoms with van der Waals surface area (Å²) < 4.78 is 17.3. The Morgan fingerprint density at radius 1 is 1.16 bits per heavy atom. The molecule has 2 fully saturated rings. The quantitative estimate of drug-likeness (QED) is 0.486. The van der Waals surface area contributed by atoms with Crippen molar-refractivity contribution in [3.8, 4) is 11.3 Å². The smallest absolute Gasteiger partial charge is 0.186 e. The average molecular weight is 459 g/mol. The maximum atomic E-state index is 14.5. The summed E-state index contributed by atoms with van der Waals surface area (Å²) >= 11 is 1.68. The molecule has 6 heterocycles. The lowest BCUT2D eigenvalue weighted by Gasteiger charge is -2.35. The molecule has 4 aromatic heterocycles. The number of hydrogen-bond donors (Lipinski definition) is 1. The lowest BCUT2D eigenvalue weighted by atomic mass is 9.99. The van der Waals surface area contributed by atoms with Crippen molar-refractivity contribution in [3.05, 3.63) is 42.2 Å². The van der Waals surface area contributed by atoms with Crippen LogP contribution in [-0.2, 0) is 0 Å². The van der Waals surface area contributed by atoms with E-state index in [1.54, 1.807) is 21.9 Å². The summed E-state index contributed by atoms with van der Waals surface area (Å²) in [6, 6.07) is 5.35. The molecule has 0 unspecified atom stereocenters. The lowest BCUT2D eigenvalue weighted by molar-refractivity contribution is 0.354. The summed E-state index contributed by atoms with van der Waals surface area (Å²) in [5.41, 5.74) is 3.50. The molecule has 6 rings (SSSR count). The molecule has 2 saturated heterocycles. The van der Waals surface area contributed by atoms with E-state index in [1.165, 1.54) is 31.7 Å². The van der Waals surface area contributed by atoms with Crippen molar-refractivity contribution in [3.63, 3.8) is 0 Å². The molecule has 0 aromatic carbocycles. The lowest BCUT2D eigenvalue weighted by Crippen LogP contribution is -2.47. The van der Waals surface area contributed by atoms with Crippen molar-refractivity contribution in [1.29, 1.82) is 0 Å². The Hall–Kier alpha value is -2.29. The Morgan fingerprint density at radius 3 is 2.71 bits per heavy atom. The molecule has 2 aliphatic rings. The van der Waals surface area contributed by atoms with Crippen molar-refractivity contribution in [2.45, 2.75) is 50.7 Å². The third-order valence-electron chi connectivity index (χ3n) is 6.48. The largest absolute Gasteiger partial charge is 0.348 e. The molecule has 0 radical (unpaired) electrons. The van der Waals surface area contributed by atoms with Crippen LogP contribution in [0.15, 0.2) is 30.7 Å². The number of nitrogens with one attached hydrogen (secondary N) is 1. The standard InChI is InChI=1S/C22H23FN6S.ClH/c1-12-10-29-11-13(5-17(23)21(29)25-12)18-8-20-19(9-24-18)27-22(30-20)28(2)16-6-14-3-4-15(7-16)26-14;/h5,8-11,14-16,26H,3-4,6-7H2,1-2H3;1H/t14-,15+,16-;. The van der Waals surface area contributed by atoms with Gasteiger partial charge < -0.3 is 14.6 Å².